The third-order valence-electron chi connectivity index (χ3n) is 4.59. The molecular weight excluding hydrogens is 344 g/mol. The largest absolute Gasteiger partial charge is 0.497 e. The van der Waals surface area contributed by atoms with Crippen LogP contribution in [0.5, 0.6) is 5.75 Å². The Balaban J connectivity index is 1.71. The Labute approximate surface area is 151 Å². The lowest BCUT2D eigenvalue weighted by Crippen LogP contribution is -2.63. The van der Waals surface area contributed by atoms with Crippen LogP contribution in [0.1, 0.15) is 12.0 Å². The van der Waals surface area contributed by atoms with E-state index >= 15 is 0 Å². The number of carbonyl (C=O) groups excluding carboxylic acids is 1. The Morgan fingerprint density at radius 3 is 2.35 bits per heavy atom. The van der Waals surface area contributed by atoms with E-state index in [1.807, 2.05) is 24.3 Å². The predicted molar refractivity (Wildman–Crippen MR) is 88.5 cm³/mol. The summed E-state index contributed by atoms with van der Waals surface area (Å²) in [7, 11) is 4.50. The van der Waals surface area contributed by atoms with Crippen molar-refractivity contribution in [3.8, 4) is 5.75 Å². The van der Waals surface area contributed by atoms with Crippen LogP contribution < -0.4 is 4.74 Å². The molecule has 0 radical (unpaired) electrons. The number of aliphatic hydroxyl groups excluding tert-OH is 1. The molecule has 1 heterocycles. The zero-order valence-electron chi connectivity index (χ0n) is 15.0. The van der Waals surface area contributed by atoms with Gasteiger partial charge < -0.3 is 33.5 Å². The van der Waals surface area contributed by atoms with Gasteiger partial charge in [-0.15, -0.1) is 0 Å². The molecule has 0 unspecified atom stereocenters. The molecule has 0 bridgehead atoms. The van der Waals surface area contributed by atoms with Gasteiger partial charge in [-0.3, -0.25) is 4.79 Å². The molecule has 8 heteroatoms. The molecule has 2 fully saturated rings. The fourth-order valence-corrected chi connectivity index (χ4v) is 3.20. The summed E-state index contributed by atoms with van der Waals surface area (Å²) >= 11 is 0. The van der Waals surface area contributed by atoms with Crippen molar-refractivity contribution in [2.24, 2.45) is 0 Å². The van der Waals surface area contributed by atoms with E-state index in [1.165, 1.54) is 14.2 Å². The quantitative estimate of drug-likeness (QED) is 0.782. The molecule has 0 spiro atoms. The van der Waals surface area contributed by atoms with E-state index < -0.39 is 37.0 Å². The number of aliphatic hydroxyl groups is 1. The van der Waals surface area contributed by atoms with Gasteiger partial charge in [-0.05, 0) is 17.7 Å². The summed E-state index contributed by atoms with van der Waals surface area (Å²) in [6.45, 7) is 0.248. The summed E-state index contributed by atoms with van der Waals surface area (Å²) in [5.41, 5.74) is 0.904. The van der Waals surface area contributed by atoms with Crippen molar-refractivity contribution in [2.45, 2.75) is 50.0 Å². The highest BCUT2D eigenvalue weighted by Crippen LogP contribution is 2.32. The van der Waals surface area contributed by atoms with Crippen LogP contribution in [0, 0.1) is 0 Å². The molecule has 1 aliphatic heterocycles. The number of Topliss-reactive ketones (excluding diaryl/α,β-unsaturated/α-hetero) is 1. The molecule has 2 aliphatic rings. The molecule has 1 aliphatic carbocycles. The first kappa shape index (κ1) is 19.2. The van der Waals surface area contributed by atoms with Crippen molar-refractivity contribution in [1.29, 1.82) is 0 Å². The minimum atomic E-state index is -0.984. The smallest absolute Gasteiger partial charge is 0.209 e. The lowest BCUT2D eigenvalue weighted by Gasteiger charge is -2.46. The zero-order valence-corrected chi connectivity index (χ0v) is 15.0. The molecule has 1 aromatic rings. The van der Waals surface area contributed by atoms with Gasteiger partial charge in [0.05, 0.1) is 19.8 Å². The van der Waals surface area contributed by atoms with E-state index in [0.717, 1.165) is 11.3 Å². The first-order chi connectivity index (χ1) is 12.6. The van der Waals surface area contributed by atoms with Gasteiger partial charge >= 0.3 is 0 Å². The van der Waals surface area contributed by atoms with Gasteiger partial charge in [0.15, 0.2) is 5.78 Å². The summed E-state index contributed by atoms with van der Waals surface area (Å²) in [5.74, 6) is 0.498. The molecule has 6 atom stereocenters. The molecule has 1 N–H and O–H groups in total. The van der Waals surface area contributed by atoms with Crippen LogP contribution in [-0.4, -0.2) is 69.2 Å². The zero-order chi connectivity index (χ0) is 18.7. The van der Waals surface area contributed by atoms with Crippen LogP contribution in [0.3, 0.4) is 0 Å². The van der Waals surface area contributed by atoms with Gasteiger partial charge in [0.2, 0.25) is 12.6 Å². The standard InChI is InChI=1S/C18H24O8/c1-21-11-6-4-10(5-7-11)9-24-14-12(19)8-13(20)15-16(14)26-18(23-3)17(22-2)25-15/h4-7,12,14-19H,8-9H2,1-3H3/t12-,14+,15-,16-,17-,18-/m0/s1. The predicted octanol–water partition coefficient (Wildman–Crippen LogP) is 0.643. The van der Waals surface area contributed by atoms with E-state index in [0.29, 0.717) is 0 Å². The Morgan fingerprint density at radius 2 is 1.73 bits per heavy atom. The summed E-state index contributed by atoms with van der Waals surface area (Å²) in [6, 6.07) is 7.39. The van der Waals surface area contributed by atoms with Crippen LogP contribution in [0.15, 0.2) is 24.3 Å². The second-order valence-corrected chi connectivity index (χ2v) is 6.23. The van der Waals surface area contributed by atoms with Gasteiger partial charge in [0.25, 0.3) is 0 Å². The van der Waals surface area contributed by atoms with Gasteiger partial charge in [0.1, 0.15) is 24.1 Å². The van der Waals surface area contributed by atoms with Crippen LogP contribution >= 0.6 is 0 Å². The number of rotatable bonds is 6. The van der Waals surface area contributed by atoms with E-state index in [-0.39, 0.29) is 18.8 Å². The minimum absolute atomic E-state index is 0.0636. The molecule has 144 valence electrons. The van der Waals surface area contributed by atoms with Crippen molar-refractivity contribution in [3.63, 3.8) is 0 Å². The summed E-state index contributed by atoms with van der Waals surface area (Å²) < 4.78 is 32.9. The molecule has 8 nitrogen and oxygen atoms in total. The SMILES string of the molecule is COc1ccc(CO[C@H]2[C@@H]3O[C@H](OC)[C@@H](OC)O[C@H]3C(=O)C[C@@H]2O)cc1. The highest BCUT2D eigenvalue weighted by atomic mass is 16.8. The summed E-state index contributed by atoms with van der Waals surface area (Å²) in [4.78, 5) is 12.3. The monoisotopic (exact) mass is 368 g/mol. The number of methoxy groups -OCH3 is 3. The van der Waals surface area contributed by atoms with E-state index in [2.05, 4.69) is 0 Å². The minimum Gasteiger partial charge on any atom is -0.497 e. The molecule has 1 saturated heterocycles. The fourth-order valence-electron chi connectivity index (χ4n) is 3.20. The van der Waals surface area contributed by atoms with Gasteiger partial charge in [-0.2, -0.15) is 0 Å². The second-order valence-electron chi connectivity index (χ2n) is 6.23. The number of hydrogen-bond acceptors (Lipinski definition) is 8. The molecule has 0 aromatic heterocycles. The van der Waals surface area contributed by atoms with Crippen LogP contribution in [-0.2, 0) is 35.1 Å². The van der Waals surface area contributed by atoms with E-state index in [4.69, 9.17) is 28.4 Å². The fraction of sp³-hybridized carbons (Fsp3) is 0.611. The van der Waals surface area contributed by atoms with Gasteiger partial charge in [0, 0.05) is 20.6 Å². The Kier molecular flexibility index (Phi) is 6.23. The molecule has 3 rings (SSSR count). The first-order valence-electron chi connectivity index (χ1n) is 8.39. The van der Waals surface area contributed by atoms with Crippen molar-refractivity contribution in [3.05, 3.63) is 29.8 Å². The molecule has 26 heavy (non-hydrogen) atoms. The highest BCUT2D eigenvalue weighted by Gasteiger charge is 2.52. The molecule has 1 saturated carbocycles. The van der Waals surface area contributed by atoms with Crippen LogP contribution in [0.2, 0.25) is 0 Å². The highest BCUT2D eigenvalue weighted by molar-refractivity contribution is 5.85. The lowest BCUT2D eigenvalue weighted by atomic mass is 9.87. The lowest BCUT2D eigenvalue weighted by molar-refractivity contribution is -0.363. The molecule has 0 amide bonds. The number of fused-ring (bicyclic) bond motifs is 1. The Bertz CT molecular complexity index is 604. The average Bonchev–Trinajstić information content (AvgIpc) is 2.67. The second kappa shape index (κ2) is 8.43. The third-order valence-corrected chi connectivity index (χ3v) is 4.59. The Hall–Kier alpha value is -1.55. The normalized spacial score (nSPS) is 34.4. The molecule has 1 aromatic carbocycles. The van der Waals surface area contributed by atoms with Crippen molar-refractivity contribution in [2.75, 3.05) is 21.3 Å². The van der Waals surface area contributed by atoms with Gasteiger partial charge in [-0.1, -0.05) is 12.1 Å². The van der Waals surface area contributed by atoms with Gasteiger partial charge in [-0.25, -0.2) is 0 Å². The summed E-state index contributed by atoms with van der Waals surface area (Å²) in [5, 5.41) is 10.3. The number of benzene rings is 1. The maximum absolute atomic E-state index is 12.3. The number of ketones is 1. The van der Waals surface area contributed by atoms with Crippen molar-refractivity contribution in [1.82, 2.24) is 0 Å². The summed E-state index contributed by atoms with van der Waals surface area (Å²) in [6.07, 6.45) is -5.05. The number of carbonyl (C=O) groups is 1. The Morgan fingerprint density at radius 1 is 1.08 bits per heavy atom. The third kappa shape index (κ3) is 3.90. The van der Waals surface area contributed by atoms with Crippen molar-refractivity contribution < 1.29 is 38.3 Å². The maximum atomic E-state index is 12.3. The topological polar surface area (TPSA) is 92.7 Å². The van der Waals surface area contributed by atoms with Crippen LogP contribution in [0.4, 0.5) is 0 Å². The first-order valence-corrected chi connectivity index (χ1v) is 8.39. The maximum Gasteiger partial charge on any atom is 0.209 e. The number of ether oxygens (including phenoxy) is 6. The molecular formula is C18H24O8. The van der Waals surface area contributed by atoms with E-state index in [9.17, 15) is 9.90 Å². The number of hydrogen-bond donors (Lipinski definition) is 1. The van der Waals surface area contributed by atoms with Crippen LogP contribution in [0.25, 0.3) is 0 Å². The average molecular weight is 368 g/mol. The van der Waals surface area contributed by atoms with Crippen molar-refractivity contribution >= 4 is 5.78 Å². The van der Waals surface area contributed by atoms with E-state index in [1.54, 1.807) is 7.11 Å².